The van der Waals surface area contributed by atoms with Crippen molar-refractivity contribution in [2.75, 3.05) is 12.4 Å². The van der Waals surface area contributed by atoms with E-state index in [9.17, 15) is 9.59 Å². The Morgan fingerprint density at radius 1 is 1.32 bits per heavy atom. The number of hydrogen-bond acceptors (Lipinski definition) is 5. The molecule has 6 heteroatoms. The van der Waals surface area contributed by atoms with Crippen molar-refractivity contribution < 1.29 is 18.7 Å². The molecular weight excluding hydrogens is 356 g/mol. The van der Waals surface area contributed by atoms with E-state index in [-0.39, 0.29) is 11.7 Å². The topological polar surface area (TPSA) is 80.9 Å². The molecule has 1 unspecified atom stereocenters. The summed E-state index contributed by atoms with van der Waals surface area (Å²) in [6, 6.07) is 5.45. The fourth-order valence-electron chi connectivity index (χ4n) is 4.23. The van der Waals surface area contributed by atoms with Gasteiger partial charge in [0.1, 0.15) is 11.1 Å². The third-order valence-corrected chi connectivity index (χ3v) is 5.78. The van der Waals surface area contributed by atoms with Crippen LogP contribution in [0.4, 0.5) is 10.5 Å². The molecular formula is C22H24N2O4. The molecule has 1 aliphatic heterocycles. The fraction of sp³-hybridized carbons (Fsp3) is 0.409. The van der Waals surface area contributed by atoms with Crippen LogP contribution in [-0.4, -0.2) is 30.7 Å². The van der Waals surface area contributed by atoms with Gasteiger partial charge in [-0.25, -0.2) is 4.79 Å². The summed E-state index contributed by atoms with van der Waals surface area (Å²) in [6.45, 7) is 0. The molecule has 1 aromatic carbocycles. The molecule has 1 aliphatic carbocycles. The van der Waals surface area contributed by atoms with Gasteiger partial charge in [-0.3, -0.25) is 15.1 Å². The van der Waals surface area contributed by atoms with Crippen LogP contribution in [0.3, 0.4) is 0 Å². The Hall–Kier alpha value is -2.89. The zero-order valence-corrected chi connectivity index (χ0v) is 15.9. The molecule has 4 rings (SSSR count). The van der Waals surface area contributed by atoms with E-state index in [1.165, 1.54) is 7.11 Å². The summed E-state index contributed by atoms with van der Waals surface area (Å²) < 4.78 is 10.3. The van der Waals surface area contributed by atoms with Crippen molar-refractivity contribution in [3.8, 4) is 0 Å². The number of amides is 1. The first-order chi connectivity index (χ1) is 13.6. The Balaban J connectivity index is 1.54. The van der Waals surface area contributed by atoms with Crippen LogP contribution in [-0.2, 0) is 16.0 Å². The average molecular weight is 380 g/mol. The number of furan rings is 1. The molecule has 0 radical (unpaired) electrons. The van der Waals surface area contributed by atoms with Gasteiger partial charge >= 0.3 is 6.09 Å². The van der Waals surface area contributed by atoms with Crippen molar-refractivity contribution in [3.05, 3.63) is 42.2 Å². The number of anilines is 1. The van der Waals surface area contributed by atoms with Crippen molar-refractivity contribution in [1.29, 1.82) is 0 Å². The first-order valence-corrected chi connectivity index (χ1v) is 9.74. The van der Waals surface area contributed by atoms with Crippen LogP contribution < -0.4 is 5.32 Å². The number of carbonyl (C=O) groups is 2. The van der Waals surface area contributed by atoms with E-state index in [2.05, 4.69) is 15.0 Å². The van der Waals surface area contributed by atoms with E-state index in [1.54, 1.807) is 18.5 Å². The number of carbonyl (C=O) groups excluding carboxylic acids is 2. The summed E-state index contributed by atoms with van der Waals surface area (Å²) in [5, 5.41) is 3.59. The quantitative estimate of drug-likeness (QED) is 0.789. The molecule has 2 aliphatic rings. The van der Waals surface area contributed by atoms with Gasteiger partial charge in [0.05, 0.1) is 13.4 Å². The highest BCUT2D eigenvalue weighted by Crippen LogP contribution is 2.36. The number of rotatable bonds is 6. The number of methoxy groups -OCH3 is 1. The van der Waals surface area contributed by atoms with Gasteiger partial charge in [-0.2, -0.15) is 0 Å². The second-order valence-corrected chi connectivity index (χ2v) is 7.50. The minimum Gasteiger partial charge on any atom is -0.464 e. The van der Waals surface area contributed by atoms with Crippen LogP contribution in [0.5, 0.6) is 0 Å². The minimum atomic E-state index is -0.750. The lowest BCUT2D eigenvalue weighted by Crippen LogP contribution is -2.38. The van der Waals surface area contributed by atoms with E-state index < -0.39 is 11.6 Å². The van der Waals surface area contributed by atoms with E-state index >= 15 is 0 Å². The summed E-state index contributed by atoms with van der Waals surface area (Å²) in [4.78, 5) is 29.2. The SMILES string of the molecule is COC(=O)Nc1ccc2occ(CCC3(C(=O)C4CCCC4)C=CC=N3)c2c1. The van der Waals surface area contributed by atoms with Crippen LogP contribution >= 0.6 is 0 Å². The lowest BCUT2D eigenvalue weighted by molar-refractivity contribution is -0.126. The number of benzene rings is 1. The minimum absolute atomic E-state index is 0.122. The number of nitrogens with one attached hydrogen (secondary N) is 1. The second-order valence-electron chi connectivity index (χ2n) is 7.50. The highest BCUT2D eigenvalue weighted by atomic mass is 16.5. The predicted molar refractivity (Wildman–Crippen MR) is 108 cm³/mol. The Morgan fingerprint density at radius 2 is 2.14 bits per heavy atom. The average Bonchev–Trinajstić information content (AvgIpc) is 3.46. The first-order valence-electron chi connectivity index (χ1n) is 9.74. The van der Waals surface area contributed by atoms with E-state index in [0.29, 0.717) is 18.5 Å². The summed E-state index contributed by atoms with van der Waals surface area (Å²) in [7, 11) is 1.33. The lowest BCUT2D eigenvalue weighted by Gasteiger charge is -2.26. The Bertz CT molecular complexity index is 939. The molecule has 0 saturated heterocycles. The number of ether oxygens (including phenoxy) is 1. The summed E-state index contributed by atoms with van der Waals surface area (Å²) in [5.74, 6) is 0.368. The van der Waals surface area contributed by atoms with Crippen molar-refractivity contribution in [2.24, 2.45) is 10.9 Å². The van der Waals surface area contributed by atoms with E-state index in [1.807, 2.05) is 24.3 Å². The molecule has 146 valence electrons. The highest BCUT2D eigenvalue weighted by Gasteiger charge is 2.41. The van der Waals surface area contributed by atoms with Crippen LogP contribution in [0, 0.1) is 5.92 Å². The third kappa shape index (κ3) is 3.46. The Morgan fingerprint density at radius 3 is 2.86 bits per heavy atom. The van der Waals surface area contributed by atoms with Crippen LogP contribution in [0.15, 0.2) is 46.0 Å². The maximum absolute atomic E-state index is 13.2. The van der Waals surface area contributed by atoms with Gasteiger partial charge in [0.15, 0.2) is 5.78 Å². The fourth-order valence-corrected chi connectivity index (χ4v) is 4.23. The molecule has 1 N–H and O–H groups in total. The third-order valence-electron chi connectivity index (χ3n) is 5.78. The molecule has 0 bridgehead atoms. The zero-order valence-electron chi connectivity index (χ0n) is 15.9. The second kappa shape index (κ2) is 7.62. The maximum atomic E-state index is 13.2. The monoisotopic (exact) mass is 380 g/mol. The number of ketones is 1. The van der Waals surface area contributed by atoms with Gasteiger partial charge in [0, 0.05) is 23.2 Å². The smallest absolute Gasteiger partial charge is 0.411 e. The number of allylic oxidation sites excluding steroid dienone is 1. The molecule has 2 heterocycles. The van der Waals surface area contributed by atoms with Crippen LogP contribution in [0.1, 0.15) is 37.7 Å². The molecule has 1 fully saturated rings. The highest BCUT2D eigenvalue weighted by molar-refractivity contribution is 5.97. The lowest BCUT2D eigenvalue weighted by atomic mass is 9.81. The summed E-state index contributed by atoms with van der Waals surface area (Å²) in [5.41, 5.74) is 1.63. The normalized spacial score (nSPS) is 21.5. The van der Waals surface area contributed by atoms with E-state index in [0.717, 1.165) is 42.2 Å². The van der Waals surface area contributed by atoms with Gasteiger partial charge in [-0.15, -0.1) is 0 Å². The summed E-state index contributed by atoms with van der Waals surface area (Å²) in [6.07, 6.45) is 12.2. The first kappa shape index (κ1) is 18.5. The molecule has 28 heavy (non-hydrogen) atoms. The number of Topliss-reactive ketones (excluding diaryl/α,β-unsaturated/α-hetero) is 1. The molecule has 0 spiro atoms. The maximum Gasteiger partial charge on any atom is 0.411 e. The van der Waals surface area contributed by atoms with Crippen LogP contribution in [0.25, 0.3) is 11.0 Å². The largest absolute Gasteiger partial charge is 0.464 e. The van der Waals surface area contributed by atoms with Gasteiger partial charge in [-0.1, -0.05) is 12.8 Å². The van der Waals surface area contributed by atoms with Gasteiger partial charge in [0.2, 0.25) is 0 Å². The number of aliphatic imine (C=N–C) groups is 1. The number of nitrogens with zero attached hydrogens (tertiary/aromatic N) is 1. The molecule has 6 nitrogen and oxygen atoms in total. The molecule has 2 aromatic rings. The molecule has 1 saturated carbocycles. The van der Waals surface area contributed by atoms with Crippen molar-refractivity contribution >= 4 is 34.7 Å². The number of fused-ring (bicyclic) bond motifs is 1. The Kier molecular flexibility index (Phi) is 5.03. The molecule has 1 atom stereocenters. The Labute approximate surface area is 163 Å². The predicted octanol–water partition coefficient (Wildman–Crippen LogP) is 4.68. The van der Waals surface area contributed by atoms with Crippen molar-refractivity contribution in [3.63, 3.8) is 0 Å². The van der Waals surface area contributed by atoms with Gasteiger partial charge in [-0.05, 0) is 61.6 Å². The van der Waals surface area contributed by atoms with E-state index in [4.69, 9.17) is 4.42 Å². The van der Waals surface area contributed by atoms with Crippen molar-refractivity contribution in [2.45, 2.75) is 44.1 Å². The van der Waals surface area contributed by atoms with Gasteiger partial charge in [0.25, 0.3) is 0 Å². The van der Waals surface area contributed by atoms with Gasteiger partial charge < -0.3 is 9.15 Å². The molecule has 1 amide bonds. The summed E-state index contributed by atoms with van der Waals surface area (Å²) >= 11 is 0. The molecule has 1 aromatic heterocycles. The zero-order chi connectivity index (χ0) is 19.6. The van der Waals surface area contributed by atoms with Crippen molar-refractivity contribution in [1.82, 2.24) is 0 Å². The number of aryl methyl sites for hydroxylation is 1. The standard InChI is InChI=1S/C22H24N2O4/c1-27-21(26)24-17-7-8-19-18(13-17)16(14-28-19)9-11-22(10-4-12-23-22)20(25)15-5-2-3-6-15/h4,7-8,10,12-15H,2-3,5-6,9,11H2,1H3,(H,24,26). The number of hydrogen-bond donors (Lipinski definition) is 1. The van der Waals surface area contributed by atoms with Crippen LogP contribution in [0.2, 0.25) is 0 Å².